The average molecular weight is 377 g/mol. The lowest BCUT2D eigenvalue weighted by Crippen LogP contribution is -2.33. The van der Waals surface area contributed by atoms with Crippen molar-refractivity contribution in [3.63, 3.8) is 0 Å². The van der Waals surface area contributed by atoms with Crippen molar-refractivity contribution in [2.24, 2.45) is 5.92 Å². The number of aromatic nitrogens is 2. The quantitative estimate of drug-likeness (QED) is 0.814. The molecule has 0 aliphatic carbocycles. The number of aryl methyl sites for hydroxylation is 2. The van der Waals surface area contributed by atoms with Crippen LogP contribution in [0.3, 0.4) is 0 Å². The second kappa shape index (κ2) is 9.74. The molecule has 1 aliphatic heterocycles. The van der Waals surface area contributed by atoms with Gasteiger partial charge in [-0.05, 0) is 75.9 Å². The molecule has 2 N–H and O–H groups in total. The molecule has 1 aliphatic rings. The van der Waals surface area contributed by atoms with Crippen LogP contribution in [0.4, 0.5) is 0 Å². The van der Waals surface area contributed by atoms with E-state index in [0.717, 1.165) is 55.1 Å². The molecule has 1 amide bonds. The summed E-state index contributed by atoms with van der Waals surface area (Å²) in [4.78, 5) is 12.3. The number of carbonyl (C=O) groups is 1. The van der Waals surface area contributed by atoms with E-state index in [1.165, 1.54) is 12.8 Å². The van der Waals surface area contributed by atoms with E-state index in [1.54, 1.807) is 0 Å². The molecule has 26 heavy (non-hydrogen) atoms. The average Bonchev–Trinajstić information content (AvgIpc) is 2.93. The minimum Gasteiger partial charge on any atom is -0.352 e. The van der Waals surface area contributed by atoms with Gasteiger partial charge in [-0.2, -0.15) is 5.10 Å². The molecule has 2 heterocycles. The van der Waals surface area contributed by atoms with Gasteiger partial charge in [0.1, 0.15) is 0 Å². The van der Waals surface area contributed by atoms with Gasteiger partial charge in [-0.25, -0.2) is 0 Å². The molecule has 3 rings (SSSR count). The van der Waals surface area contributed by atoms with Gasteiger partial charge in [0.25, 0.3) is 5.91 Å². The highest BCUT2D eigenvalue weighted by Crippen LogP contribution is 2.13. The van der Waals surface area contributed by atoms with Gasteiger partial charge in [0.05, 0.1) is 12.2 Å². The lowest BCUT2D eigenvalue weighted by molar-refractivity contribution is 0.0950. The summed E-state index contributed by atoms with van der Waals surface area (Å²) in [6.45, 7) is 7.75. The van der Waals surface area contributed by atoms with E-state index in [0.29, 0.717) is 5.92 Å². The van der Waals surface area contributed by atoms with E-state index in [9.17, 15) is 4.79 Å². The molecule has 1 unspecified atom stereocenters. The second-order valence-corrected chi connectivity index (χ2v) is 7.04. The van der Waals surface area contributed by atoms with E-state index >= 15 is 0 Å². The summed E-state index contributed by atoms with van der Waals surface area (Å²) in [5, 5.41) is 10.9. The van der Waals surface area contributed by atoms with Crippen molar-refractivity contribution in [3.8, 4) is 0 Å². The molecule has 142 valence electrons. The Morgan fingerprint density at radius 3 is 2.69 bits per heavy atom. The second-order valence-electron chi connectivity index (χ2n) is 7.04. The Morgan fingerprint density at radius 1 is 1.31 bits per heavy atom. The molecule has 0 radical (unpaired) electrons. The number of hydrogen-bond donors (Lipinski definition) is 2. The summed E-state index contributed by atoms with van der Waals surface area (Å²) in [5.74, 6) is 0.707. The monoisotopic (exact) mass is 376 g/mol. The van der Waals surface area contributed by atoms with Crippen LogP contribution in [0.2, 0.25) is 0 Å². The Morgan fingerprint density at radius 2 is 2.08 bits per heavy atom. The fourth-order valence-corrected chi connectivity index (χ4v) is 3.43. The molecule has 1 fully saturated rings. The number of halogens is 1. The van der Waals surface area contributed by atoms with Gasteiger partial charge in [0.2, 0.25) is 0 Å². The zero-order valence-electron chi connectivity index (χ0n) is 15.6. The van der Waals surface area contributed by atoms with Crippen LogP contribution in [0.5, 0.6) is 0 Å². The number of nitrogens with zero attached hydrogens (tertiary/aromatic N) is 2. The first kappa shape index (κ1) is 20.5. The summed E-state index contributed by atoms with van der Waals surface area (Å²) in [5.41, 5.74) is 4.05. The first-order valence-electron chi connectivity index (χ1n) is 9.21. The van der Waals surface area contributed by atoms with E-state index in [1.807, 2.05) is 35.9 Å². The van der Waals surface area contributed by atoms with E-state index in [4.69, 9.17) is 0 Å². The van der Waals surface area contributed by atoms with E-state index < -0.39 is 0 Å². The Bertz CT molecular complexity index is 705. The van der Waals surface area contributed by atoms with Crippen molar-refractivity contribution >= 4 is 18.3 Å². The van der Waals surface area contributed by atoms with Gasteiger partial charge in [-0.15, -0.1) is 12.4 Å². The number of hydrogen-bond acceptors (Lipinski definition) is 3. The molecule has 1 atom stereocenters. The topological polar surface area (TPSA) is 59.0 Å². The van der Waals surface area contributed by atoms with Gasteiger partial charge in [0.15, 0.2) is 0 Å². The summed E-state index contributed by atoms with van der Waals surface area (Å²) in [6.07, 6.45) is 3.56. The van der Waals surface area contributed by atoms with Gasteiger partial charge in [0, 0.05) is 17.8 Å². The smallest absolute Gasteiger partial charge is 0.251 e. The molecule has 2 aromatic rings. The van der Waals surface area contributed by atoms with Crippen LogP contribution in [-0.2, 0) is 6.54 Å². The van der Waals surface area contributed by atoms with Gasteiger partial charge in [-0.3, -0.25) is 9.48 Å². The van der Waals surface area contributed by atoms with Crippen molar-refractivity contribution < 1.29 is 4.79 Å². The van der Waals surface area contributed by atoms with Crippen LogP contribution in [0.25, 0.3) is 0 Å². The molecule has 0 bridgehead atoms. The minimum atomic E-state index is 0. The Labute approximate surface area is 162 Å². The molecule has 5 nitrogen and oxygen atoms in total. The summed E-state index contributed by atoms with van der Waals surface area (Å²) < 4.78 is 1.99. The lowest BCUT2D eigenvalue weighted by Gasteiger charge is -2.22. The molecule has 0 spiro atoms. The Hall–Kier alpha value is -1.85. The number of rotatable bonds is 6. The molecule has 0 saturated carbocycles. The first-order valence-corrected chi connectivity index (χ1v) is 9.21. The summed E-state index contributed by atoms with van der Waals surface area (Å²) in [6, 6.07) is 9.90. The SMILES string of the molecule is Cc1cc(C)n(Cc2ccc(C(=O)NCCC3CCCNC3)cc2)n1.Cl. The molecular formula is C20H29ClN4O. The van der Waals surface area contributed by atoms with Crippen molar-refractivity contribution in [1.82, 2.24) is 20.4 Å². The van der Waals surface area contributed by atoms with Crippen molar-refractivity contribution in [2.75, 3.05) is 19.6 Å². The van der Waals surface area contributed by atoms with Crippen LogP contribution >= 0.6 is 12.4 Å². The van der Waals surface area contributed by atoms with Crippen LogP contribution in [0.1, 0.15) is 46.6 Å². The Balaban J connectivity index is 0.00000243. The van der Waals surface area contributed by atoms with Crippen LogP contribution in [0.15, 0.2) is 30.3 Å². The number of nitrogens with one attached hydrogen (secondary N) is 2. The third kappa shape index (κ3) is 5.58. The van der Waals surface area contributed by atoms with Gasteiger partial charge >= 0.3 is 0 Å². The number of benzene rings is 1. The molecule has 1 saturated heterocycles. The number of piperidine rings is 1. The highest BCUT2D eigenvalue weighted by Gasteiger charge is 2.13. The maximum Gasteiger partial charge on any atom is 0.251 e. The van der Waals surface area contributed by atoms with Gasteiger partial charge in [-0.1, -0.05) is 12.1 Å². The van der Waals surface area contributed by atoms with E-state index in [2.05, 4.69) is 28.7 Å². The predicted molar refractivity (Wildman–Crippen MR) is 107 cm³/mol. The van der Waals surface area contributed by atoms with Crippen molar-refractivity contribution in [2.45, 2.75) is 39.7 Å². The molecular weight excluding hydrogens is 348 g/mol. The van der Waals surface area contributed by atoms with Gasteiger partial charge < -0.3 is 10.6 Å². The fraction of sp³-hybridized carbons (Fsp3) is 0.500. The standard InChI is InChI=1S/C20H28N4O.ClH/c1-15-12-16(2)24(23-15)14-18-5-7-19(8-6-18)20(25)22-11-9-17-4-3-10-21-13-17;/h5-8,12,17,21H,3-4,9-11,13-14H2,1-2H3,(H,22,25);1H. The van der Waals surface area contributed by atoms with Crippen molar-refractivity contribution in [3.05, 3.63) is 52.8 Å². The number of amides is 1. The summed E-state index contributed by atoms with van der Waals surface area (Å²) in [7, 11) is 0. The lowest BCUT2D eigenvalue weighted by atomic mass is 9.96. The zero-order valence-corrected chi connectivity index (χ0v) is 16.4. The number of carbonyl (C=O) groups excluding carboxylic acids is 1. The summed E-state index contributed by atoms with van der Waals surface area (Å²) >= 11 is 0. The largest absolute Gasteiger partial charge is 0.352 e. The maximum atomic E-state index is 12.3. The van der Waals surface area contributed by atoms with Crippen LogP contribution in [-0.4, -0.2) is 35.3 Å². The van der Waals surface area contributed by atoms with Crippen LogP contribution < -0.4 is 10.6 Å². The minimum absolute atomic E-state index is 0. The van der Waals surface area contributed by atoms with E-state index in [-0.39, 0.29) is 18.3 Å². The van der Waals surface area contributed by atoms with Crippen LogP contribution in [0, 0.1) is 19.8 Å². The predicted octanol–water partition coefficient (Wildman–Crippen LogP) is 3.09. The molecule has 1 aromatic carbocycles. The Kier molecular flexibility index (Phi) is 7.66. The zero-order chi connectivity index (χ0) is 17.6. The normalized spacial score (nSPS) is 16.8. The first-order chi connectivity index (χ1) is 12.1. The van der Waals surface area contributed by atoms with Crippen molar-refractivity contribution in [1.29, 1.82) is 0 Å². The highest BCUT2D eigenvalue weighted by molar-refractivity contribution is 5.94. The fourth-order valence-electron chi connectivity index (χ4n) is 3.43. The third-order valence-electron chi connectivity index (χ3n) is 4.89. The highest BCUT2D eigenvalue weighted by atomic mass is 35.5. The molecule has 1 aromatic heterocycles. The maximum absolute atomic E-state index is 12.3. The molecule has 6 heteroatoms. The third-order valence-corrected chi connectivity index (χ3v) is 4.89.